The van der Waals surface area contributed by atoms with Crippen molar-refractivity contribution in [3.05, 3.63) is 0 Å². The van der Waals surface area contributed by atoms with Gasteiger partial charge in [-0.05, 0) is 27.2 Å². The number of unbranched alkanes of at least 4 members (excludes halogenated alkanes) is 12. The zero-order valence-electron chi connectivity index (χ0n) is 17.9. The van der Waals surface area contributed by atoms with Crippen LogP contribution in [0.15, 0.2) is 0 Å². The van der Waals surface area contributed by atoms with Crippen LogP contribution >= 0.6 is 0 Å². The van der Waals surface area contributed by atoms with E-state index < -0.39 is 11.7 Å². The van der Waals surface area contributed by atoms with Crippen LogP contribution in [0.1, 0.15) is 118 Å². The fourth-order valence-electron chi connectivity index (χ4n) is 3.09. The smallest absolute Gasteiger partial charge is 0.407 e. The fraction of sp³-hybridized carbons (Fsp3) is 0.955. The second kappa shape index (κ2) is 16.4. The Labute approximate surface area is 162 Å². The van der Waals surface area contributed by atoms with Gasteiger partial charge < -0.3 is 15.2 Å². The lowest BCUT2D eigenvalue weighted by Crippen LogP contribution is -2.41. The van der Waals surface area contributed by atoms with Crippen LogP contribution in [0.5, 0.6) is 0 Å². The molecule has 0 aliphatic heterocycles. The van der Waals surface area contributed by atoms with Crippen LogP contribution in [0.4, 0.5) is 4.79 Å². The standard InChI is InChI=1S/C22H45NO3/c1-5-6-7-8-9-10-11-12-13-14-15-16-17-18-20(19-24)23-21(25)26-22(2,3)4/h20,24H,5-19H2,1-4H3,(H,23,25)/t20-/m0/s1. The number of nitrogens with one attached hydrogen (secondary N) is 1. The van der Waals surface area contributed by atoms with Gasteiger partial charge in [0.2, 0.25) is 0 Å². The van der Waals surface area contributed by atoms with Crippen molar-refractivity contribution in [2.75, 3.05) is 6.61 Å². The number of hydrogen-bond donors (Lipinski definition) is 2. The molecular weight excluding hydrogens is 326 g/mol. The minimum atomic E-state index is -0.500. The van der Waals surface area contributed by atoms with E-state index in [2.05, 4.69) is 12.2 Å². The maximum absolute atomic E-state index is 11.7. The molecule has 26 heavy (non-hydrogen) atoms. The molecule has 0 aliphatic rings. The summed E-state index contributed by atoms with van der Waals surface area (Å²) in [7, 11) is 0. The van der Waals surface area contributed by atoms with Gasteiger partial charge in [-0.15, -0.1) is 0 Å². The summed E-state index contributed by atoms with van der Waals surface area (Å²) < 4.78 is 5.23. The number of carbonyl (C=O) groups excluding carboxylic acids is 1. The second-order valence-electron chi connectivity index (χ2n) is 8.56. The van der Waals surface area contributed by atoms with Crippen molar-refractivity contribution in [2.24, 2.45) is 0 Å². The highest BCUT2D eigenvalue weighted by Gasteiger charge is 2.18. The van der Waals surface area contributed by atoms with E-state index >= 15 is 0 Å². The third-order valence-corrected chi connectivity index (χ3v) is 4.60. The quantitative estimate of drug-likeness (QED) is 0.311. The van der Waals surface area contributed by atoms with Gasteiger partial charge in [0.25, 0.3) is 0 Å². The molecule has 0 unspecified atom stereocenters. The maximum atomic E-state index is 11.7. The average Bonchev–Trinajstić information content (AvgIpc) is 2.56. The summed E-state index contributed by atoms with van der Waals surface area (Å²) in [5, 5.41) is 12.1. The van der Waals surface area contributed by atoms with Crippen LogP contribution in [-0.2, 0) is 4.74 Å². The Hall–Kier alpha value is -0.770. The summed E-state index contributed by atoms with van der Waals surface area (Å²) in [5.41, 5.74) is -0.500. The van der Waals surface area contributed by atoms with Crippen molar-refractivity contribution < 1.29 is 14.6 Å². The Kier molecular flexibility index (Phi) is 15.9. The van der Waals surface area contributed by atoms with Gasteiger partial charge in [0.15, 0.2) is 0 Å². The van der Waals surface area contributed by atoms with Crippen molar-refractivity contribution in [3.63, 3.8) is 0 Å². The van der Waals surface area contributed by atoms with Gasteiger partial charge in [-0.3, -0.25) is 0 Å². The zero-order valence-corrected chi connectivity index (χ0v) is 17.9. The molecule has 0 aliphatic carbocycles. The molecule has 0 aromatic heterocycles. The Balaban J connectivity index is 3.45. The van der Waals surface area contributed by atoms with Gasteiger partial charge in [-0.2, -0.15) is 0 Å². The molecule has 0 rings (SSSR count). The van der Waals surface area contributed by atoms with E-state index in [-0.39, 0.29) is 12.6 Å². The lowest BCUT2D eigenvalue weighted by Gasteiger charge is -2.22. The summed E-state index contributed by atoms with van der Waals surface area (Å²) in [6.07, 6.45) is 17.6. The minimum absolute atomic E-state index is 0.0303. The third kappa shape index (κ3) is 18.0. The third-order valence-electron chi connectivity index (χ3n) is 4.60. The Morgan fingerprint density at radius 2 is 1.27 bits per heavy atom. The van der Waals surface area contributed by atoms with Crippen LogP contribution in [0.2, 0.25) is 0 Å². The van der Waals surface area contributed by atoms with Gasteiger partial charge in [0.05, 0.1) is 12.6 Å². The minimum Gasteiger partial charge on any atom is -0.444 e. The molecule has 0 radical (unpaired) electrons. The highest BCUT2D eigenvalue weighted by atomic mass is 16.6. The maximum Gasteiger partial charge on any atom is 0.407 e. The molecule has 4 heteroatoms. The topological polar surface area (TPSA) is 58.6 Å². The number of rotatable bonds is 16. The predicted molar refractivity (Wildman–Crippen MR) is 111 cm³/mol. The zero-order chi connectivity index (χ0) is 19.7. The van der Waals surface area contributed by atoms with Gasteiger partial charge in [0, 0.05) is 0 Å². The summed E-state index contributed by atoms with van der Waals surface area (Å²) in [5.74, 6) is 0. The lowest BCUT2D eigenvalue weighted by molar-refractivity contribution is 0.0478. The van der Waals surface area contributed by atoms with Crippen molar-refractivity contribution in [1.82, 2.24) is 5.32 Å². The monoisotopic (exact) mass is 371 g/mol. The molecule has 1 atom stereocenters. The molecule has 0 bridgehead atoms. The summed E-state index contributed by atoms with van der Waals surface area (Å²) in [4.78, 5) is 11.7. The molecule has 156 valence electrons. The molecule has 0 saturated carbocycles. The van der Waals surface area contributed by atoms with Crippen LogP contribution in [0.3, 0.4) is 0 Å². The number of aliphatic hydroxyl groups excluding tert-OH is 1. The fourth-order valence-corrected chi connectivity index (χ4v) is 3.09. The number of ether oxygens (including phenoxy) is 1. The number of alkyl carbamates (subject to hydrolysis) is 1. The molecule has 4 nitrogen and oxygen atoms in total. The van der Waals surface area contributed by atoms with Gasteiger partial charge in [-0.25, -0.2) is 4.79 Å². The van der Waals surface area contributed by atoms with Crippen LogP contribution in [-0.4, -0.2) is 29.4 Å². The highest BCUT2D eigenvalue weighted by molar-refractivity contribution is 5.68. The molecule has 2 N–H and O–H groups in total. The molecular formula is C22H45NO3. The first-order valence-corrected chi connectivity index (χ1v) is 11.0. The Bertz CT molecular complexity index is 326. The van der Waals surface area contributed by atoms with E-state index in [1.54, 1.807) is 0 Å². The molecule has 0 fully saturated rings. The van der Waals surface area contributed by atoms with Gasteiger partial charge in [0.1, 0.15) is 5.60 Å². The van der Waals surface area contributed by atoms with Crippen molar-refractivity contribution in [3.8, 4) is 0 Å². The normalized spacial score (nSPS) is 12.8. The van der Waals surface area contributed by atoms with E-state index in [9.17, 15) is 9.90 Å². The first-order chi connectivity index (χ1) is 12.4. The second-order valence-corrected chi connectivity index (χ2v) is 8.56. The molecule has 0 aromatic rings. The Morgan fingerprint density at radius 1 is 0.846 bits per heavy atom. The number of carbonyl (C=O) groups is 1. The lowest BCUT2D eigenvalue weighted by atomic mass is 10.0. The largest absolute Gasteiger partial charge is 0.444 e. The molecule has 0 spiro atoms. The number of amides is 1. The molecule has 1 amide bonds. The average molecular weight is 372 g/mol. The highest BCUT2D eigenvalue weighted by Crippen LogP contribution is 2.13. The van der Waals surface area contributed by atoms with Crippen molar-refractivity contribution in [1.29, 1.82) is 0 Å². The number of aliphatic hydroxyl groups is 1. The first-order valence-electron chi connectivity index (χ1n) is 11.0. The molecule has 0 saturated heterocycles. The predicted octanol–water partition coefficient (Wildman–Crippen LogP) is 6.35. The van der Waals surface area contributed by atoms with Crippen molar-refractivity contribution >= 4 is 6.09 Å². The van der Waals surface area contributed by atoms with Gasteiger partial charge >= 0.3 is 6.09 Å². The van der Waals surface area contributed by atoms with Gasteiger partial charge in [-0.1, -0.05) is 90.4 Å². The SMILES string of the molecule is CCCCCCCCCCCCCCC[C@@H](CO)NC(=O)OC(C)(C)C. The number of hydrogen-bond acceptors (Lipinski definition) is 3. The molecule has 0 heterocycles. The van der Waals surface area contributed by atoms with E-state index in [1.165, 1.54) is 77.0 Å². The molecule has 0 aromatic carbocycles. The van der Waals surface area contributed by atoms with Crippen LogP contribution < -0.4 is 5.32 Å². The van der Waals surface area contributed by atoms with E-state index in [0.717, 1.165) is 12.8 Å². The van der Waals surface area contributed by atoms with Crippen LogP contribution in [0.25, 0.3) is 0 Å². The first kappa shape index (κ1) is 25.2. The van der Waals surface area contributed by atoms with Crippen molar-refractivity contribution in [2.45, 2.75) is 129 Å². The summed E-state index contributed by atoms with van der Waals surface area (Å²) >= 11 is 0. The summed E-state index contributed by atoms with van der Waals surface area (Å²) in [6, 6.07) is -0.197. The van der Waals surface area contributed by atoms with E-state index in [0.29, 0.717) is 0 Å². The summed E-state index contributed by atoms with van der Waals surface area (Å²) in [6.45, 7) is 7.76. The van der Waals surface area contributed by atoms with E-state index in [1.807, 2.05) is 20.8 Å². The van der Waals surface area contributed by atoms with Crippen LogP contribution in [0, 0.1) is 0 Å². The van der Waals surface area contributed by atoms with E-state index in [4.69, 9.17) is 4.74 Å². The Morgan fingerprint density at radius 3 is 1.65 bits per heavy atom.